The van der Waals surface area contributed by atoms with Crippen LogP contribution in [0.3, 0.4) is 0 Å². The molecule has 0 radical (unpaired) electrons. The molecule has 0 aliphatic carbocycles. The summed E-state index contributed by atoms with van der Waals surface area (Å²) in [6, 6.07) is -0.626. The monoisotopic (exact) mass is 743 g/mol. The van der Waals surface area contributed by atoms with Crippen LogP contribution in [0.4, 0.5) is 0 Å². The molecule has 8 nitrogen and oxygen atoms in total. The van der Waals surface area contributed by atoms with E-state index in [9.17, 15) is 19.5 Å². The first-order valence-corrected chi connectivity index (χ1v) is 20.5. The minimum atomic E-state index is -0.888. The van der Waals surface area contributed by atoms with Crippen LogP contribution >= 0.6 is 0 Å². The van der Waals surface area contributed by atoms with Crippen molar-refractivity contribution in [2.45, 2.75) is 154 Å². The van der Waals surface area contributed by atoms with E-state index in [2.05, 4.69) is 86.8 Å². The predicted octanol–water partition coefficient (Wildman–Crippen LogP) is 10.8. The number of carboxylic acid groups (broad SMARTS) is 1. The molecular formula is C45H76NO7+. The summed E-state index contributed by atoms with van der Waals surface area (Å²) in [6.07, 6.45) is 43.8. The van der Waals surface area contributed by atoms with Crippen molar-refractivity contribution in [3.05, 3.63) is 72.9 Å². The van der Waals surface area contributed by atoms with Crippen LogP contribution in [0.25, 0.3) is 0 Å². The molecule has 0 aromatic carbocycles. The van der Waals surface area contributed by atoms with E-state index >= 15 is 0 Å². The lowest BCUT2D eigenvalue weighted by molar-refractivity contribution is -0.887. The first-order chi connectivity index (χ1) is 25.6. The minimum absolute atomic E-state index is 0.0362. The van der Waals surface area contributed by atoms with E-state index in [1.165, 1.54) is 32.1 Å². The van der Waals surface area contributed by atoms with Gasteiger partial charge in [-0.05, 0) is 77.0 Å². The van der Waals surface area contributed by atoms with Gasteiger partial charge in [0.25, 0.3) is 0 Å². The van der Waals surface area contributed by atoms with E-state index in [0.717, 1.165) is 70.6 Å². The lowest BCUT2D eigenvalue weighted by Crippen LogP contribution is -2.50. The zero-order valence-electron chi connectivity index (χ0n) is 34.2. The zero-order chi connectivity index (χ0) is 39.3. The SMILES string of the molecule is CC/C=C/C/C=C/C/C=C/C/C=C/C/C=C/CCCC(=O)OCC(COCCC(C(=O)O)[N+](C)(C)C)OC(=O)CCCCCCC/C=C/CCCCC. The third kappa shape index (κ3) is 34.3. The smallest absolute Gasteiger partial charge is 0.362 e. The number of aliphatic carboxylic acids is 1. The number of unbranched alkanes of at least 4 members (excludes halogenated alkanes) is 9. The summed E-state index contributed by atoms with van der Waals surface area (Å²) in [7, 11) is 5.49. The number of hydrogen-bond donors (Lipinski definition) is 1. The summed E-state index contributed by atoms with van der Waals surface area (Å²) in [6.45, 7) is 4.50. The summed E-state index contributed by atoms with van der Waals surface area (Å²) in [5.41, 5.74) is 0. The van der Waals surface area contributed by atoms with Crippen molar-refractivity contribution in [2.75, 3.05) is 41.0 Å². The third-order valence-electron chi connectivity index (χ3n) is 8.59. The standard InChI is InChI=1S/C45H75NO7/c1-6-8-10-12-14-16-18-20-21-22-23-24-26-27-29-31-33-35-43(47)52-40-41(39-51-38-37-42(45(49)50)46(3,4)5)53-44(48)36-34-32-30-28-25-19-17-15-13-11-9-7-2/h8,10,14-17,20-21,23-24,27,29,41-42H,6-7,9,11-13,18-19,22,25-26,28,30-40H2,1-5H3/p+1/b10-8+,16-14+,17-15+,21-20+,24-23+,29-27+. The lowest BCUT2D eigenvalue weighted by atomic mass is 10.1. The van der Waals surface area contributed by atoms with Gasteiger partial charge in [-0.1, -0.05) is 119 Å². The maximum atomic E-state index is 12.7. The number of nitrogens with zero attached hydrogens (tertiary/aromatic N) is 1. The van der Waals surface area contributed by atoms with E-state index in [0.29, 0.717) is 19.3 Å². The second kappa shape index (κ2) is 35.8. The molecule has 0 bridgehead atoms. The molecule has 1 N–H and O–H groups in total. The first-order valence-electron chi connectivity index (χ1n) is 20.5. The lowest BCUT2D eigenvalue weighted by Gasteiger charge is -2.31. The number of likely N-dealkylation sites (N-methyl/N-ethyl adjacent to an activating group) is 1. The number of carboxylic acids is 1. The van der Waals surface area contributed by atoms with Crippen LogP contribution in [0.2, 0.25) is 0 Å². The van der Waals surface area contributed by atoms with Crippen LogP contribution in [-0.4, -0.2) is 80.6 Å². The molecule has 0 saturated heterocycles. The van der Waals surface area contributed by atoms with E-state index < -0.39 is 18.1 Å². The predicted molar refractivity (Wildman–Crippen MR) is 220 cm³/mol. The molecule has 53 heavy (non-hydrogen) atoms. The summed E-state index contributed by atoms with van der Waals surface area (Å²) in [5, 5.41) is 9.59. The van der Waals surface area contributed by atoms with Crippen LogP contribution in [0.15, 0.2) is 72.9 Å². The molecule has 0 fully saturated rings. The van der Waals surface area contributed by atoms with Gasteiger partial charge in [-0.2, -0.15) is 0 Å². The highest BCUT2D eigenvalue weighted by Crippen LogP contribution is 2.12. The third-order valence-corrected chi connectivity index (χ3v) is 8.59. The second-order valence-corrected chi connectivity index (χ2v) is 14.5. The van der Waals surface area contributed by atoms with Crippen LogP contribution in [0.5, 0.6) is 0 Å². The maximum absolute atomic E-state index is 12.7. The van der Waals surface area contributed by atoms with Crippen molar-refractivity contribution >= 4 is 17.9 Å². The average Bonchev–Trinajstić information content (AvgIpc) is 3.11. The Morgan fingerprint density at radius 1 is 0.585 bits per heavy atom. The Morgan fingerprint density at radius 3 is 1.64 bits per heavy atom. The molecule has 0 spiro atoms. The van der Waals surface area contributed by atoms with Crippen molar-refractivity contribution in [1.29, 1.82) is 0 Å². The number of carbonyl (C=O) groups is 3. The summed E-state index contributed by atoms with van der Waals surface area (Å²) in [4.78, 5) is 36.8. The fraction of sp³-hybridized carbons (Fsp3) is 0.667. The van der Waals surface area contributed by atoms with Crippen molar-refractivity contribution in [3.8, 4) is 0 Å². The molecule has 2 unspecified atom stereocenters. The van der Waals surface area contributed by atoms with Gasteiger partial charge >= 0.3 is 17.9 Å². The fourth-order valence-electron chi connectivity index (χ4n) is 5.41. The van der Waals surface area contributed by atoms with Crippen molar-refractivity contribution in [3.63, 3.8) is 0 Å². The number of rotatable bonds is 35. The van der Waals surface area contributed by atoms with E-state index in [-0.39, 0.29) is 42.7 Å². The Kier molecular flexibility index (Phi) is 33.6. The molecule has 2 atom stereocenters. The topological polar surface area (TPSA) is 99.1 Å². The van der Waals surface area contributed by atoms with Crippen LogP contribution in [0, 0.1) is 0 Å². The Bertz CT molecular complexity index is 1100. The van der Waals surface area contributed by atoms with Gasteiger partial charge in [0.1, 0.15) is 6.61 Å². The minimum Gasteiger partial charge on any atom is -0.477 e. The quantitative estimate of drug-likeness (QED) is 0.0299. The van der Waals surface area contributed by atoms with E-state index in [4.69, 9.17) is 14.2 Å². The highest BCUT2D eigenvalue weighted by molar-refractivity contribution is 5.72. The Labute approximate surface area is 323 Å². The number of esters is 2. The Balaban J connectivity index is 4.50. The first kappa shape index (κ1) is 49.8. The Hall–Kier alpha value is -3.23. The zero-order valence-corrected chi connectivity index (χ0v) is 34.2. The van der Waals surface area contributed by atoms with Crippen LogP contribution in [0.1, 0.15) is 142 Å². The highest BCUT2D eigenvalue weighted by Gasteiger charge is 2.31. The van der Waals surface area contributed by atoms with Gasteiger partial charge in [0.05, 0.1) is 34.4 Å². The fourth-order valence-corrected chi connectivity index (χ4v) is 5.41. The summed E-state index contributed by atoms with van der Waals surface area (Å²) >= 11 is 0. The molecule has 0 aromatic rings. The highest BCUT2D eigenvalue weighted by atomic mass is 16.6. The average molecular weight is 743 g/mol. The maximum Gasteiger partial charge on any atom is 0.362 e. The van der Waals surface area contributed by atoms with Gasteiger partial charge in [-0.3, -0.25) is 9.59 Å². The van der Waals surface area contributed by atoms with Crippen molar-refractivity contribution in [1.82, 2.24) is 0 Å². The van der Waals surface area contributed by atoms with Crippen LogP contribution < -0.4 is 0 Å². The molecule has 0 aliphatic rings. The normalized spacial score (nSPS) is 13.8. The number of quaternary nitrogens is 1. The van der Waals surface area contributed by atoms with E-state index in [1.54, 1.807) is 0 Å². The molecule has 302 valence electrons. The molecular weight excluding hydrogens is 666 g/mol. The van der Waals surface area contributed by atoms with Gasteiger partial charge in [-0.25, -0.2) is 4.79 Å². The summed E-state index contributed by atoms with van der Waals surface area (Å²) in [5.74, 6) is -1.57. The molecule has 0 aliphatic heterocycles. The molecule has 0 amide bonds. The van der Waals surface area contributed by atoms with Gasteiger partial charge in [0, 0.05) is 19.3 Å². The van der Waals surface area contributed by atoms with Gasteiger partial charge < -0.3 is 23.8 Å². The molecule has 0 aromatic heterocycles. The Morgan fingerprint density at radius 2 is 1.08 bits per heavy atom. The molecule has 8 heteroatoms. The second-order valence-electron chi connectivity index (χ2n) is 14.5. The van der Waals surface area contributed by atoms with Crippen molar-refractivity contribution < 1.29 is 38.2 Å². The van der Waals surface area contributed by atoms with Crippen molar-refractivity contribution in [2.24, 2.45) is 0 Å². The number of ether oxygens (including phenoxy) is 3. The largest absolute Gasteiger partial charge is 0.477 e. The van der Waals surface area contributed by atoms with Gasteiger partial charge in [-0.15, -0.1) is 0 Å². The van der Waals surface area contributed by atoms with Crippen LogP contribution in [-0.2, 0) is 28.6 Å². The number of carbonyl (C=O) groups excluding carboxylic acids is 2. The molecule has 0 rings (SSSR count). The number of allylic oxidation sites excluding steroid dienone is 12. The van der Waals surface area contributed by atoms with Gasteiger partial charge in [0.2, 0.25) is 0 Å². The summed E-state index contributed by atoms with van der Waals surface area (Å²) < 4.78 is 17.2. The van der Waals surface area contributed by atoms with Gasteiger partial charge in [0.15, 0.2) is 12.1 Å². The number of hydrogen-bond acceptors (Lipinski definition) is 6. The molecule has 0 saturated carbocycles. The molecule has 0 heterocycles. The van der Waals surface area contributed by atoms with E-state index in [1.807, 2.05) is 21.1 Å².